The van der Waals surface area contributed by atoms with Crippen LogP contribution < -0.4 is 0 Å². The maximum atomic E-state index is 11.8. The number of hydrogen-bond donors (Lipinski definition) is 0. The fourth-order valence-electron chi connectivity index (χ4n) is 2.65. The Balaban J connectivity index is 0.000000845. The Morgan fingerprint density at radius 2 is 1.85 bits per heavy atom. The van der Waals surface area contributed by atoms with Gasteiger partial charge >= 0.3 is 0 Å². The second-order valence-corrected chi connectivity index (χ2v) is 4.51. The molecule has 0 amide bonds. The molecule has 0 aliphatic carbocycles. The second-order valence-electron chi connectivity index (χ2n) is 4.51. The van der Waals surface area contributed by atoms with Crippen molar-refractivity contribution in [3.8, 4) is 0 Å². The summed E-state index contributed by atoms with van der Waals surface area (Å²) in [6.07, 6.45) is 2.20. The van der Waals surface area contributed by atoms with Crippen LogP contribution in [0.15, 0.2) is 0 Å². The van der Waals surface area contributed by atoms with Gasteiger partial charge in [-0.05, 0) is 31.8 Å². The molecule has 0 spiro atoms. The Morgan fingerprint density at radius 1 is 1.31 bits per heavy atom. The molecule has 0 saturated carbocycles. The quantitative estimate of drug-likeness (QED) is 0.647. The molecule has 0 atom stereocenters. The molecule has 3 fully saturated rings. The standard InChI is InChI=1S/C10H17NO.ClH/c1-8(2)10-3-5-11(6-4-10)7-9(10)12;/h8H,3-7H2,1-2H3;1H. The summed E-state index contributed by atoms with van der Waals surface area (Å²) in [6.45, 7) is 7.39. The largest absolute Gasteiger partial charge is 0.298 e. The summed E-state index contributed by atoms with van der Waals surface area (Å²) < 4.78 is 0. The molecule has 3 aliphatic rings. The molecule has 0 radical (unpaired) electrons. The van der Waals surface area contributed by atoms with E-state index >= 15 is 0 Å². The molecule has 2 nitrogen and oxygen atoms in total. The van der Waals surface area contributed by atoms with E-state index in [0.717, 1.165) is 32.5 Å². The fourth-order valence-corrected chi connectivity index (χ4v) is 2.65. The first-order valence-electron chi connectivity index (χ1n) is 4.91. The highest BCUT2D eigenvalue weighted by atomic mass is 35.5. The van der Waals surface area contributed by atoms with Gasteiger partial charge in [0.25, 0.3) is 0 Å². The number of piperidine rings is 3. The van der Waals surface area contributed by atoms with E-state index in [-0.39, 0.29) is 17.8 Å². The number of halogens is 1. The highest BCUT2D eigenvalue weighted by Crippen LogP contribution is 2.43. The van der Waals surface area contributed by atoms with Crippen molar-refractivity contribution in [1.82, 2.24) is 4.90 Å². The van der Waals surface area contributed by atoms with E-state index in [1.165, 1.54) is 0 Å². The molecular formula is C10H18ClNO. The molecule has 0 unspecified atom stereocenters. The number of carbonyl (C=O) groups is 1. The highest BCUT2D eigenvalue weighted by molar-refractivity contribution is 5.88. The Bertz CT molecular complexity index is 207. The number of Topliss-reactive ketones (excluding diaryl/α,β-unsaturated/α-hetero) is 1. The highest BCUT2D eigenvalue weighted by Gasteiger charge is 2.47. The third kappa shape index (κ3) is 1.50. The normalized spacial score (nSPS) is 37.8. The Hall–Kier alpha value is -0.0800. The molecule has 0 N–H and O–H groups in total. The van der Waals surface area contributed by atoms with Crippen LogP contribution in [-0.4, -0.2) is 30.3 Å². The van der Waals surface area contributed by atoms with Crippen molar-refractivity contribution in [2.24, 2.45) is 11.3 Å². The van der Waals surface area contributed by atoms with E-state index in [1.807, 2.05) is 0 Å². The molecule has 3 rings (SSSR count). The first-order valence-corrected chi connectivity index (χ1v) is 4.91. The van der Waals surface area contributed by atoms with Gasteiger partial charge in [-0.2, -0.15) is 0 Å². The van der Waals surface area contributed by atoms with Crippen LogP contribution in [0.3, 0.4) is 0 Å². The molecule has 76 valence electrons. The van der Waals surface area contributed by atoms with E-state index in [9.17, 15) is 4.79 Å². The van der Waals surface area contributed by atoms with Gasteiger partial charge in [-0.15, -0.1) is 12.4 Å². The van der Waals surface area contributed by atoms with Crippen LogP contribution in [-0.2, 0) is 4.79 Å². The molecule has 3 saturated heterocycles. The maximum Gasteiger partial charge on any atom is 0.153 e. The molecule has 0 aromatic heterocycles. The lowest BCUT2D eigenvalue weighted by Crippen LogP contribution is -2.57. The Morgan fingerprint density at radius 3 is 2.15 bits per heavy atom. The van der Waals surface area contributed by atoms with Crippen molar-refractivity contribution in [3.63, 3.8) is 0 Å². The van der Waals surface area contributed by atoms with E-state index in [2.05, 4.69) is 18.7 Å². The van der Waals surface area contributed by atoms with E-state index in [1.54, 1.807) is 0 Å². The summed E-state index contributed by atoms with van der Waals surface area (Å²) in [6, 6.07) is 0. The van der Waals surface area contributed by atoms with Gasteiger partial charge in [0.1, 0.15) is 0 Å². The number of ketones is 1. The molecular weight excluding hydrogens is 186 g/mol. The van der Waals surface area contributed by atoms with Gasteiger partial charge in [0, 0.05) is 5.41 Å². The number of hydrogen-bond acceptors (Lipinski definition) is 2. The fraction of sp³-hybridized carbons (Fsp3) is 0.900. The minimum atomic E-state index is 0. The predicted molar refractivity (Wildman–Crippen MR) is 55.2 cm³/mol. The summed E-state index contributed by atoms with van der Waals surface area (Å²) in [7, 11) is 0. The molecule has 2 bridgehead atoms. The van der Waals surface area contributed by atoms with Gasteiger partial charge in [0.2, 0.25) is 0 Å². The molecule has 3 aliphatic heterocycles. The number of fused-ring (bicyclic) bond motifs is 3. The first kappa shape index (κ1) is 11.0. The zero-order chi connectivity index (χ0) is 8.77. The average molecular weight is 204 g/mol. The van der Waals surface area contributed by atoms with Crippen LogP contribution in [0.5, 0.6) is 0 Å². The van der Waals surface area contributed by atoms with Crippen molar-refractivity contribution >= 4 is 18.2 Å². The van der Waals surface area contributed by atoms with Crippen LogP contribution in [0.2, 0.25) is 0 Å². The Kier molecular flexibility index (Phi) is 3.03. The zero-order valence-corrected chi connectivity index (χ0v) is 9.19. The van der Waals surface area contributed by atoms with Crippen molar-refractivity contribution in [1.29, 1.82) is 0 Å². The van der Waals surface area contributed by atoms with Gasteiger partial charge in [-0.3, -0.25) is 9.69 Å². The zero-order valence-electron chi connectivity index (χ0n) is 8.38. The lowest BCUT2D eigenvalue weighted by molar-refractivity contribution is -0.144. The average Bonchev–Trinajstić information content (AvgIpc) is 2.05. The maximum absolute atomic E-state index is 11.8. The third-order valence-electron chi connectivity index (χ3n) is 3.78. The monoisotopic (exact) mass is 203 g/mol. The summed E-state index contributed by atoms with van der Waals surface area (Å²) in [5.41, 5.74) is 0.0642. The SMILES string of the molecule is CC(C)C12CCN(CC1)CC2=O.Cl. The van der Waals surface area contributed by atoms with Gasteiger partial charge in [0.15, 0.2) is 5.78 Å². The first-order chi connectivity index (χ1) is 5.65. The second kappa shape index (κ2) is 3.58. The number of carbonyl (C=O) groups excluding carboxylic acids is 1. The lowest BCUT2D eigenvalue weighted by atomic mass is 9.64. The lowest BCUT2D eigenvalue weighted by Gasteiger charge is -2.49. The van der Waals surface area contributed by atoms with Crippen molar-refractivity contribution < 1.29 is 4.79 Å². The molecule has 13 heavy (non-hydrogen) atoms. The van der Waals surface area contributed by atoms with Crippen molar-refractivity contribution in [2.75, 3.05) is 19.6 Å². The van der Waals surface area contributed by atoms with Gasteiger partial charge in [-0.1, -0.05) is 13.8 Å². The Labute approximate surface area is 86.1 Å². The van der Waals surface area contributed by atoms with Gasteiger partial charge in [-0.25, -0.2) is 0 Å². The topological polar surface area (TPSA) is 20.3 Å². The van der Waals surface area contributed by atoms with Crippen LogP contribution >= 0.6 is 12.4 Å². The van der Waals surface area contributed by atoms with E-state index < -0.39 is 0 Å². The van der Waals surface area contributed by atoms with E-state index in [4.69, 9.17) is 0 Å². The number of rotatable bonds is 1. The number of nitrogens with zero attached hydrogens (tertiary/aromatic N) is 1. The molecule has 0 aromatic rings. The molecule has 0 aromatic carbocycles. The summed E-state index contributed by atoms with van der Waals surface area (Å²) in [5.74, 6) is 1.03. The van der Waals surface area contributed by atoms with Crippen molar-refractivity contribution in [3.05, 3.63) is 0 Å². The summed E-state index contributed by atoms with van der Waals surface area (Å²) in [4.78, 5) is 14.1. The minimum Gasteiger partial charge on any atom is -0.298 e. The van der Waals surface area contributed by atoms with Gasteiger partial charge < -0.3 is 0 Å². The van der Waals surface area contributed by atoms with Crippen LogP contribution in [0.25, 0.3) is 0 Å². The third-order valence-corrected chi connectivity index (χ3v) is 3.78. The summed E-state index contributed by atoms with van der Waals surface area (Å²) >= 11 is 0. The molecule has 3 heteroatoms. The van der Waals surface area contributed by atoms with Crippen LogP contribution in [0.1, 0.15) is 26.7 Å². The van der Waals surface area contributed by atoms with Crippen molar-refractivity contribution in [2.45, 2.75) is 26.7 Å². The van der Waals surface area contributed by atoms with Crippen LogP contribution in [0.4, 0.5) is 0 Å². The van der Waals surface area contributed by atoms with Crippen LogP contribution in [0, 0.1) is 11.3 Å². The summed E-state index contributed by atoms with van der Waals surface area (Å²) in [5, 5.41) is 0. The predicted octanol–water partition coefficient (Wildman–Crippen LogP) is 1.73. The van der Waals surface area contributed by atoms with E-state index in [0.29, 0.717) is 11.7 Å². The smallest absolute Gasteiger partial charge is 0.153 e. The molecule has 3 heterocycles. The van der Waals surface area contributed by atoms with Gasteiger partial charge in [0.05, 0.1) is 6.54 Å². The minimum absolute atomic E-state index is 0.